The number of nitrogens with zero attached hydrogens (tertiary/aromatic N) is 2. The van der Waals surface area contributed by atoms with Gasteiger partial charge < -0.3 is 19.9 Å². The summed E-state index contributed by atoms with van der Waals surface area (Å²) >= 11 is 0. The molecule has 3 aliphatic rings. The van der Waals surface area contributed by atoms with Gasteiger partial charge in [0.2, 0.25) is 11.8 Å². The van der Waals surface area contributed by atoms with Gasteiger partial charge in [-0.05, 0) is 73.9 Å². The summed E-state index contributed by atoms with van der Waals surface area (Å²) in [6.07, 6.45) is 8.09. The third kappa shape index (κ3) is 6.35. The van der Waals surface area contributed by atoms with E-state index >= 15 is 0 Å². The predicted molar refractivity (Wildman–Crippen MR) is 145 cm³/mol. The largest absolute Gasteiger partial charge is 0.497 e. The molecule has 1 spiro atoms. The third-order valence-corrected chi connectivity index (χ3v) is 8.83. The van der Waals surface area contributed by atoms with Crippen LogP contribution in [0.2, 0.25) is 0 Å². The second-order valence-electron chi connectivity index (χ2n) is 11.4. The predicted octanol–water partition coefficient (Wildman–Crippen LogP) is 4.95. The van der Waals surface area contributed by atoms with Crippen molar-refractivity contribution in [1.29, 1.82) is 0 Å². The van der Waals surface area contributed by atoms with Crippen molar-refractivity contribution in [2.24, 2.45) is 11.3 Å². The zero-order chi connectivity index (χ0) is 25.7. The second kappa shape index (κ2) is 11.7. The molecule has 2 aromatic rings. The van der Waals surface area contributed by atoms with E-state index in [0.717, 1.165) is 69.6 Å². The first-order valence-corrected chi connectivity index (χ1v) is 14.0. The first-order valence-electron chi connectivity index (χ1n) is 14.0. The monoisotopic (exact) mass is 503 g/mol. The van der Waals surface area contributed by atoms with Crippen LogP contribution in [-0.2, 0) is 16.1 Å². The molecule has 1 N–H and O–H groups in total. The van der Waals surface area contributed by atoms with E-state index in [4.69, 9.17) is 4.74 Å². The minimum absolute atomic E-state index is 0.0539. The Bertz CT molecular complexity index is 1040. The smallest absolute Gasteiger partial charge is 0.223 e. The lowest BCUT2D eigenvalue weighted by Crippen LogP contribution is -2.43. The molecule has 0 unspecified atom stereocenters. The number of piperidine rings is 1. The average Bonchev–Trinajstić information content (AvgIpc) is 3.57. The number of likely N-dealkylation sites (tertiary alicyclic amines) is 2. The van der Waals surface area contributed by atoms with Gasteiger partial charge in [-0.1, -0.05) is 55.3 Å². The lowest BCUT2D eigenvalue weighted by molar-refractivity contribution is -0.128. The van der Waals surface area contributed by atoms with Crippen molar-refractivity contribution in [1.82, 2.24) is 15.1 Å². The Morgan fingerprint density at radius 2 is 1.76 bits per heavy atom. The molecule has 6 nitrogen and oxygen atoms in total. The second-order valence-corrected chi connectivity index (χ2v) is 11.4. The molecule has 198 valence electrons. The van der Waals surface area contributed by atoms with Crippen molar-refractivity contribution in [3.63, 3.8) is 0 Å². The highest BCUT2D eigenvalue weighted by atomic mass is 16.5. The zero-order valence-electron chi connectivity index (χ0n) is 22.2. The van der Waals surface area contributed by atoms with E-state index in [1.807, 2.05) is 35.2 Å². The Labute approximate surface area is 221 Å². The Hall–Kier alpha value is -2.86. The molecule has 2 amide bonds. The minimum Gasteiger partial charge on any atom is -0.497 e. The summed E-state index contributed by atoms with van der Waals surface area (Å²) in [6, 6.07) is 18.5. The van der Waals surface area contributed by atoms with Crippen LogP contribution in [-0.4, -0.2) is 54.9 Å². The minimum atomic E-state index is 0.0539. The summed E-state index contributed by atoms with van der Waals surface area (Å²) in [5.41, 5.74) is 2.45. The molecular formula is C31H41N3O3. The standard InChI is InChI=1S/C31H41N3O3/c1-37-27-13-11-24(12-14-27)22-34-23-31(21-29(34)35)16-19-33(20-17-31)18-15-28(25-7-3-2-4-8-25)32-30(36)26-9-5-6-10-26/h2-4,7-8,11-14,26,28H,5-6,9-10,15-23H2,1H3,(H,32,36)/t28-/m0/s1. The number of carbonyl (C=O) groups is 2. The van der Waals surface area contributed by atoms with Crippen LogP contribution >= 0.6 is 0 Å². The number of amides is 2. The molecule has 1 atom stereocenters. The fourth-order valence-electron chi connectivity index (χ4n) is 6.46. The summed E-state index contributed by atoms with van der Waals surface area (Å²) in [4.78, 5) is 30.4. The molecule has 5 rings (SSSR count). The molecule has 0 radical (unpaired) electrons. The van der Waals surface area contributed by atoms with Gasteiger partial charge in [0.25, 0.3) is 0 Å². The lowest BCUT2D eigenvalue weighted by atomic mass is 9.77. The van der Waals surface area contributed by atoms with E-state index in [9.17, 15) is 9.59 Å². The lowest BCUT2D eigenvalue weighted by Gasteiger charge is -2.39. The number of carbonyl (C=O) groups excluding carboxylic acids is 2. The first-order chi connectivity index (χ1) is 18.0. The highest BCUT2D eigenvalue weighted by molar-refractivity contribution is 5.80. The van der Waals surface area contributed by atoms with Crippen molar-refractivity contribution in [2.75, 3.05) is 33.3 Å². The van der Waals surface area contributed by atoms with Crippen LogP contribution in [0, 0.1) is 11.3 Å². The van der Waals surface area contributed by atoms with Crippen molar-refractivity contribution in [3.8, 4) is 5.75 Å². The SMILES string of the molecule is COc1ccc(CN2CC3(CCN(CC[C@H](NC(=O)C4CCCC4)c4ccccc4)CC3)CC2=O)cc1. The van der Waals surface area contributed by atoms with E-state index in [-0.39, 0.29) is 29.2 Å². The van der Waals surface area contributed by atoms with Gasteiger partial charge in [0, 0.05) is 32.0 Å². The molecule has 1 aliphatic carbocycles. The van der Waals surface area contributed by atoms with Crippen molar-refractivity contribution in [3.05, 3.63) is 65.7 Å². The highest BCUT2D eigenvalue weighted by Gasteiger charge is 2.44. The van der Waals surface area contributed by atoms with Gasteiger partial charge in [0.05, 0.1) is 13.2 Å². The summed E-state index contributed by atoms with van der Waals surface area (Å²) < 4.78 is 5.26. The van der Waals surface area contributed by atoms with Crippen LogP contribution in [0.3, 0.4) is 0 Å². The van der Waals surface area contributed by atoms with Gasteiger partial charge in [0.15, 0.2) is 0 Å². The Kier molecular flexibility index (Phi) is 8.14. The van der Waals surface area contributed by atoms with Gasteiger partial charge >= 0.3 is 0 Å². The normalized spacial score (nSPS) is 20.9. The average molecular weight is 504 g/mol. The fraction of sp³-hybridized carbons (Fsp3) is 0.548. The third-order valence-electron chi connectivity index (χ3n) is 8.83. The number of methoxy groups -OCH3 is 1. The molecular weight excluding hydrogens is 462 g/mol. The summed E-state index contributed by atoms with van der Waals surface area (Å²) in [6.45, 7) is 4.52. The van der Waals surface area contributed by atoms with E-state index in [0.29, 0.717) is 13.0 Å². The Morgan fingerprint density at radius 1 is 1.05 bits per heavy atom. The van der Waals surface area contributed by atoms with Crippen LogP contribution in [0.4, 0.5) is 0 Å². The van der Waals surface area contributed by atoms with Gasteiger partial charge in [-0.15, -0.1) is 0 Å². The van der Waals surface area contributed by atoms with Crippen LogP contribution in [0.25, 0.3) is 0 Å². The molecule has 2 aliphatic heterocycles. The molecule has 2 heterocycles. The van der Waals surface area contributed by atoms with E-state index in [1.54, 1.807) is 7.11 Å². The molecule has 0 aromatic heterocycles. The van der Waals surface area contributed by atoms with Gasteiger partial charge in [-0.3, -0.25) is 9.59 Å². The van der Waals surface area contributed by atoms with Gasteiger partial charge in [0.1, 0.15) is 5.75 Å². The van der Waals surface area contributed by atoms with E-state index in [1.165, 1.54) is 18.4 Å². The number of benzene rings is 2. The molecule has 2 saturated heterocycles. The Balaban J connectivity index is 1.13. The molecule has 3 fully saturated rings. The maximum absolute atomic E-state index is 12.9. The Morgan fingerprint density at radius 3 is 2.43 bits per heavy atom. The first kappa shape index (κ1) is 25.8. The van der Waals surface area contributed by atoms with Crippen molar-refractivity contribution >= 4 is 11.8 Å². The van der Waals surface area contributed by atoms with Crippen LogP contribution in [0.5, 0.6) is 5.75 Å². The van der Waals surface area contributed by atoms with Crippen molar-refractivity contribution in [2.45, 2.75) is 64.0 Å². The van der Waals surface area contributed by atoms with E-state index in [2.05, 4.69) is 34.5 Å². The maximum atomic E-state index is 12.9. The molecule has 1 saturated carbocycles. The molecule has 2 aromatic carbocycles. The van der Waals surface area contributed by atoms with Crippen LogP contribution < -0.4 is 10.1 Å². The quantitative estimate of drug-likeness (QED) is 0.526. The summed E-state index contributed by atoms with van der Waals surface area (Å²) in [5, 5.41) is 3.38. The highest BCUT2D eigenvalue weighted by Crippen LogP contribution is 2.41. The molecule has 0 bridgehead atoms. The summed E-state index contributed by atoms with van der Waals surface area (Å²) in [7, 11) is 1.67. The van der Waals surface area contributed by atoms with Crippen LogP contribution in [0.15, 0.2) is 54.6 Å². The number of hydrogen-bond acceptors (Lipinski definition) is 4. The van der Waals surface area contributed by atoms with Crippen LogP contribution in [0.1, 0.15) is 68.5 Å². The maximum Gasteiger partial charge on any atom is 0.223 e. The van der Waals surface area contributed by atoms with E-state index < -0.39 is 0 Å². The van der Waals surface area contributed by atoms with Gasteiger partial charge in [-0.2, -0.15) is 0 Å². The molecule has 6 heteroatoms. The molecule has 37 heavy (non-hydrogen) atoms. The number of ether oxygens (including phenoxy) is 1. The number of hydrogen-bond donors (Lipinski definition) is 1. The zero-order valence-corrected chi connectivity index (χ0v) is 22.2. The van der Waals surface area contributed by atoms with Gasteiger partial charge in [-0.25, -0.2) is 0 Å². The number of rotatable bonds is 9. The topological polar surface area (TPSA) is 61.9 Å². The summed E-state index contributed by atoms with van der Waals surface area (Å²) in [5.74, 6) is 1.53. The van der Waals surface area contributed by atoms with Crippen molar-refractivity contribution < 1.29 is 14.3 Å². The fourth-order valence-corrected chi connectivity index (χ4v) is 6.46. The number of nitrogens with one attached hydrogen (secondary N) is 1.